The minimum Gasteiger partial charge on any atom is -0.507 e. The van der Waals surface area contributed by atoms with Gasteiger partial charge in [-0.25, -0.2) is 4.79 Å². The lowest BCUT2D eigenvalue weighted by Gasteiger charge is -2.17. The zero-order chi connectivity index (χ0) is 13.8. The third kappa shape index (κ3) is 4.49. The van der Waals surface area contributed by atoms with E-state index in [0.717, 1.165) is 0 Å². The fourth-order valence-corrected chi connectivity index (χ4v) is 1.29. The molecule has 0 saturated carbocycles. The monoisotopic (exact) mass is 250 g/mol. The van der Waals surface area contributed by atoms with Crippen molar-refractivity contribution in [2.24, 2.45) is 0 Å². The molecule has 18 heavy (non-hydrogen) atoms. The van der Waals surface area contributed by atoms with Crippen molar-refractivity contribution >= 4 is 12.0 Å². The average molecular weight is 250 g/mol. The summed E-state index contributed by atoms with van der Waals surface area (Å²) in [5, 5.41) is 9.62. The fourth-order valence-electron chi connectivity index (χ4n) is 1.29. The first-order chi connectivity index (χ1) is 8.31. The molecule has 0 radical (unpaired) electrons. The van der Waals surface area contributed by atoms with Crippen LogP contribution in [0.15, 0.2) is 24.3 Å². The molecule has 4 nitrogen and oxygen atoms in total. The van der Waals surface area contributed by atoms with Gasteiger partial charge in [0.2, 0.25) is 0 Å². The molecule has 0 aliphatic rings. The normalized spacial score (nSPS) is 11.6. The second kappa shape index (κ2) is 5.58. The number of aromatic hydroxyl groups is 1. The molecule has 0 spiro atoms. The van der Waals surface area contributed by atoms with E-state index >= 15 is 0 Å². The van der Waals surface area contributed by atoms with Crippen molar-refractivity contribution in [1.82, 2.24) is 0 Å². The number of ether oxygens (including phenoxy) is 2. The molecule has 0 saturated heterocycles. The molecule has 0 amide bonds. The fraction of sp³-hybridized carbons (Fsp3) is 0.357. The molecule has 98 valence electrons. The molecule has 0 bridgehead atoms. The van der Waals surface area contributed by atoms with Crippen molar-refractivity contribution in [1.29, 1.82) is 0 Å². The molecule has 4 heteroatoms. The number of hydrogen-bond acceptors (Lipinski definition) is 4. The number of rotatable bonds is 3. The van der Waals surface area contributed by atoms with Gasteiger partial charge >= 0.3 is 5.97 Å². The van der Waals surface area contributed by atoms with E-state index in [-0.39, 0.29) is 5.75 Å². The van der Waals surface area contributed by atoms with E-state index in [1.54, 1.807) is 32.9 Å². The molecule has 0 unspecified atom stereocenters. The number of carbonyl (C=O) groups is 1. The number of hydrogen-bond donors (Lipinski definition) is 1. The SMILES string of the molecule is COc1ccc(O)c(C=CC(=O)OC(C)(C)C)c1. The molecule has 1 aromatic carbocycles. The van der Waals surface area contributed by atoms with Gasteiger partial charge in [-0.3, -0.25) is 0 Å². The van der Waals surface area contributed by atoms with Crippen LogP contribution in [-0.4, -0.2) is 23.8 Å². The summed E-state index contributed by atoms with van der Waals surface area (Å²) in [5.74, 6) is 0.233. The van der Waals surface area contributed by atoms with Crippen molar-refractivity contribution in [3.05, 3.63) is 29.8 Å². The van der Waals surface area contributed by atoms with E-state index in [2.05, 4.69) is 0 Å². The first-order valence-corrected chi connectivity index (χ1v) is 5.60. The van der Waals surface area contributed by atoms with Gasteiger partial charge in [-0.05, 0) is 45.0 Å². The number of phenolic OH excluding ortho intramolecular Hbond substituents is 1. The maximum atomic E-state index is 11.5. The predicted octanol–water partition coefficient (Wildman–Crippen LogP) is 2.76. The topological polar surface area (TPSA) is 55.8 Å². The van der Waals surface area contributed by atoms with Crippen molar-refractivity contribution in [3.63, 3.8) is 0 Å². The molecule has 1 rings (SSSR count). The van der Waals surface area contributed by atoms with E-state index in [0.29, 0.717) is 11.3 Å². The summed E-state index contributed by atoms with van der Waals surface area (Å²) in [6.45, 7) is 5.38. The zero-order valence-corrected chi connectivity index (χ0v) is 11.1. The maximum absolute atomic E-state index is 11.5. The number of esters is 1. The van der Waals surface area contributed by atoms with E-state index < -0.39 is 11.6 Å². The smallest absolute Gasteiger partial charge is 0.331 e. The Morgan fingerprint density at radius 2 is 2.00 bits per heavy atom. The number of methoxy groups -OCH3 is 1. The molecule has 0 atom stereocenters. The van der Waals surface area contributed by atoms with Crippen molar-refractivity contribution in [2.45, 2.75) is 26.4 Å². The molecule has 1 aromatic rings. The summed E-state index contributed by atoms with van der Waals surface area (Å²) in [4.78, 5) is 11.5. The van der Waals surface area contributed by atoms with E-state index in [9.17, 15) is 9.90 Å². The second-order valence-corrected chi connectivity index (χ2v) is 4.79. The van der Waals surface area contributed by atoms with Crippen LogP contribution in [0.2, 0.25) is 0 Å². The number of carbonyl (C=O) groups excluding carboxylic acids is 1. The highest BCUT2D eigenvalue weighted by molar-refractivity contribution is 5.87. The van der Waals surface area contributed by atoms with E-state index in [1.165, 1.54) is 25.3 Å². The largest absolute Gasteiger partial charge is 0.507 e. The Hall–Kier alpha value is -1.97. The highest BCUT2D eigenvalue weighted by Crippen LogP contribution is 2.24. The van der Waals surface area contributed by atoms with Gasteiger partial charge in [0.25, 0.3) is 0 Å². The number of benzene rings is 1. The standard InChI is InChI=1S/C14H18O4/c1-14(2,3)18-13(16)8-5-10-9-11(17-4)6-7-12(10)15/h5-9,15H,1-4H3. The Kier molecular flexibility index (Phi) is 4.37. The summed E-state index contributed by atoms with van der Waals surface area (Å²) in [6, 6.07) is 4.78. The molecular formula is C14H18O4. The van der Waals surface area contributed by atoms with Crippen molar-refractivity contribution in [3.8, 4) is 11.5 Å². The first-order valence-electron chi connectivity index (χ1n) is 5.60. The molecule has 0 aromatic heterocycles. The summed E-state index contributed by atoms with van der Waals surface area (Å²) >= 11 is 0. The van der Waals surface area contributed by atoms with Gasteiger partial charge in [-0.15, -0.1) is 0 Å². The van der Waals surface area contributed by atoms with Gasteiger partial charge in [0.05, 0.1) is 7.11 Å². The van der Waals surface area contributed by atoms with Gasteiger partial charge in [0.15, 0.2) is 0 Å². The van der Waals surface area contributed by atoms with Crippen LogP contribution < -0.4 is 4.74 Å². The highest BCUT2D eigenvalue weighted by Gasteiger charge is 2.14. The van der Waals surface area contributed by atoms with Gasteiger partial charge in [-0.2, -0.15) is 0 Å². The van der Waals surface area contributed by atoms with Gasteiger partial charge in [0.1, 0.15) is 17.1 Å². The molecule has 0 aliphatic heterocycles. The van der Waals surface area contributed by atoms with Crippen molar-refractivity contribution < 1.29 is 19.4 Å². The quantitative estimate of drug-likeness (QED) is 0.662. The van der Waals surface area contributed by atoms with Crippen LogP contribution in [0.1, 0.15) is 26.3 Å². The van der Waals surface area contributed by atoms with Crippen LogP contribution in [0, 0.1) is 0 Å². The van der Waals surface area contributed by atoms with Crippen LogP contribution in [0.3, 0.4) is 0 Å². The lowest BCUT2D eigenvalue weighted by atomic mass is 10.1. The van der Waals surface area contributed by atoms with Crippen LogP contribution >= 0.6 is 0 Å². The molecule has 0 heterocycles. The average Bonchev–Trinajstić information content (AvgIpc) is 2.25. The Morgan fingerprint density at radius 1 is 1.33 bits per heavy atom. The summed E-state index contributed by atoms with van der Waals surface area (Å²) in [5.41, 5.74) is -0.0297. The minimum atomic E-state index is -0.530. The van der Waals surface area contributed by atoms with E-state index in [4.69, 9.17) is 9.47 Å². The highest BCUT2D eigenvalue weighted by atomic mass is 16.6. The molecule has 0 aliphatic carbocycles. The second-order valence-electron chi connectivity index (χ2n) is 4.79. The van der Waals surface area contributed by atoms with Crippen molar-refractivity contribution in [2.75, 3.05) is 7.11 Å². The Labute approximate surface area is 107 Å². The van der Waals surface area contributed by atoms with Crippen LogP contribution in [-0.2, 0) is 9.53 Å². The zero-order valence-electron chi connectivity index (χ0n) is 11.1. The summed E-state index contributed by atoms with van der Waals surface area (Å²) in [7, 11) is 1.54. The molecule has 0 fully saturated rings. The first kappa shape index (κ1) is 14.1. The Morgan fingerprint density at radius 3 is 2.56 bits per heavy atom. The van der Waals surface area contributed by atoms with E-state index in [1.807, 2.05) is 0 Å². The van der Waals surface area contributed by atoms with Gasteiger partial charge in [0, 0.05) is 11.6 Å². The minimum absolute atomic E-state index is 0.0793. The third-order valence-electron chi connectivity index (χ3n) is 2.04. The van der Waals surface area contributed by atoms with Crippen LogP contribution in [0.4, 0.5) is 0 Å². The lowest BCUT2D eigenvalue weighted by molar-refractivity contribution is -0.148. The van der Waals surface area contributed by atoms with Gasteiger partial charge < -0.3 is 14.6 Å². The Balaban J connectivity index is 2.81. The number of phenols is 1. The summed E-state index contributed by atoms with van der Waals surface area (Å²) in [6.07, 6.45) is 2.77. The summed E-state index contributed by atoms with van der Waals surface area (Å²) < 4.78 is 10.2. The third-order valence-corrected chi connectivity index (χ3v) is 2.04. The van der Waals surface area contributed by atoms with Gasteiger partial charge in [-0.1, -0.05) is 0 Å². The van der Waals surface area contributed by atoms with Crippen LogP contribution in [0.25, 0.3) is 6.08 Å². The predicted molar refractivity (Wildman–Crippen MR) is 69.5 cm³/mol. The maximum Gasteiger partial charge on any atom is 0.331 e. The lowest BCUT2D eigenvalue weighted by Crippen LogP contribution is -2.22. The Bertz CT molecular complexity index is 455. The van der Waals surface area contributed by atoms with Crippen LogP contribution in [0.5, 0.6) is 11.5 Å². The molecular weight excluding hydrogens is 232 g/mol. The molecule has 1 N–H and O–H groups in total.